The van der Waals surface area contributed by atoms with E-state index in [4.69, 9.17) is 4.74 Å². The lowest BCUT2D eigenvalue weighted by atomic mass is 10.1. The van der Waals surface area contributed by atoms with Crippen molar-refractivity contribution in [3.05, 3.63) is 24.0 Å². The molecule has 0 atom stereocenters. The second-order valence-corrected chi connectivity index (χ2v) is 5.23. The van der Waals surface area contributed by atoms with Crippen molar-refractivity contribution in [2.75, 3.05) is 0 Å². The van der Waals surface area contributed by atoms with Crippen molar-refractivity contribution in [2.24, 2.45) is 0 Å². The zero-order valence-corrected chi connectivity index (χ0v) is 10.9. The fraction of sp³-hybridized carbons (Fsp3) is 0.615. The normalized spacial score (nSPS) is 11.9. The fourth-order valence-electron chi connectivity index (χ4n) is 1.29. The van der Waals surface area contributed by atoms with E-state index in [1.54, 1.807) is 12.4 Å². The third-order valence-electron chi connectivity index (χ3n) is 1.99. The summed E-state index contributed by atoms with van der Waals surface area (Å²) in [5, 5.41) is 3.38. The van der Waals surface area contributed by atoms with Gasteiger partial charge in [0.2, 0.25) is 0 Å². The van der Waals surface area contributed by atoms with Crippen LogP contribution in [0.4, 0.5) is 0 Å². The number of hydrogen-bond donors (Lipinski definition) is 1. The Labute approximate surface area is 98.2 Å². The van der Waals surface area contributed by atoms with Crippen molar-refractivity contribution in [2.45, 2.75) is 52.8 Å². The molecule has 3 nitrogen and oxygen atoms in total. The van der Waals surface area contributed by atoms with Crippen LogP contribution in [0.15, 0.2) is 18.5 Å². The van der Waals surface area contributed by atoms with Crippen molar-refractivity contribution in [3.8, 4) is 5.75 Å². The van der Waals surface area contributed by atoms with Gasteiger partial charge in [0.15, 0.2) is 0 Å². The van der Waals surface area contributed by atoms with Gasteiger partial charge in [-0.1, -0.05) is 13.8 Å². The average Bonchev–Trinajstić information content (AvgIpc) is 2.14. The van der Waals surface area contributed by atoms with Crippen molar-refractivity contribution < 1.29 is 4.74 Å². The highest BCUT2D eigenvalue weighted by Gasteiger charge is 2.14. The third-order valence-corrected chi connectivity index (χ3v) is 1.99. The molecule has 1 N–H and O–H groups in total. The lowest BCUT2D eigenvalue weighted by molar-refractivity contribution is 0.128. The summed E-state index contributed by atoms with van der Waals surface area (Å²) >= 11 is 0. The van der Waals surface area contributed by atoms with Gasteiger partial charge in [0.05, 0.1) is 6.20 Å². The number of rotatable bonds is 4. The number of aromatic nitrogens is 1. The molecule has 0 saturated carbocycles. The zero-order valence-electron chi connectivity index (χ0n) is 10.9. The van der Waals surface area contributed by atoms with Crippen molar-refractivity contribution in [1.29, 1.82) is 0 Å². The van der Waals surface area contributed by atoms with E-state index in [9.17, 15) is 0 Å². The highest BCUT2D eigenvalue weighted by Crippen LogP contribution is 2.21. The molecule has 0 radical (unpaired) electrons. The van der Waals surface area contributed by atoms with E-state index in [1.165, 1.54) is 0 Å². The van der Waals surface area contributed by atoms with Crippen LogP contribution in [0, 0.1) is 0 Å². The second kappa shape index (κ2) is 5.30. The molecule has 0 aliphatic heterocycles. The Morgan fingerprint density at radius 1 is 1.38 bits per heavy atom. The molecule has 16 heavy (non-hydrogen) atoms. The van der Waals surface area contributed by atoms with Crippen LogP contribution in [0.25, 0.3) is 0 Å². The summed E-state index contributed by atoms with van der Waals surface area (Å²) in [7, 11) is 0. The molecule has 90 valence electrons. The first-order valence-corrected chi connectivity index (χ1v) is 5.74. The van der Waals surface area contributed by atoms with Gasteiger partial charge in [-0.2, -0.15) is 0 Å². The van der Waals surface area contributed by atoms with E-state index in [1.807, 2.05) is 26.8 Å². The van der Waals surface area contributed by atoms with E-state index in [0.29, 0.717) is 6.04 Å². The average molecular weight is 222 g/mol. The maximum Gasteiger partial charge on any atom is 0.142 e. The summed E-state index contributed by atoms with van der Waals surface area (Å²) in [5.74, 6) is 0.864. The standard InChI is InChI=1S/C13H22N2O/c1-10(2)15-8-11-6-7-14-9-12(11)16-13(3,4)5/h6-7,9-10,15H,8H2,1-5H3. The quantitative estimate of drug-likeness (QED) is 0.850. The van der Waals surface area contributed by atoms with Crippen LogP contribution in [-0.2, 0) is 6.54 Å². The van der Waals surface area contributed by atoms with E-state index >= 15 is 0 Å². The first-order chi connectivity index (χ1) is 7.38. The molecule has 0 aliphatic carbocycles. The van der Waals surface area contributed by atoms with Crippen LogP contribution < -0.4 is 10.1 Å². The van der Waals surface area contributed by atoms with Gasteiger partial charge < -0.3 is 10.1 Å². The van der Waals surface area contributed by atoms with Crippen molar-refractivity contribution in [1.82, 2.24) is 10.3 Å². The molecular weight excluding hydrogens is 200 g/mol. The third kappa shape index (κ3) is 4.62. The molecule has 0 fully saturated rings. The Hall–Kier alpha value is -1.09. The maximum atomic E-state index is 5.86. The highest BCUT2D eigenvalue weighted by atomic mass is 16.5. The fourth-order valence-corrected chi connectivity index (χ4v) is 1.29. The van der Waals surface area contributed by atoms with Gasteiger partial charge in [-0.05, 0) is 26.8 Å². The first-order valence-electron chi connectivity index (χ1n) is 5.74. The van der Waals surface area contributed by atoms with Gasteiger partial charge in [-0.15, -0.1) is 0 Å². The van der Waals surface area contributed by atoms with Crippen LogP contribution >= 0.6 is 0 Å². The number of nitrogens with zero attached hydrogens (tertiary/aromatic N) is 1. The van der Waals surface area contributed by atoms with Gasteiger partial charge in [0, 0.05) is 24.3 Å². The van der Waals surface area contributed by atoms with Gasteiger partial charge in [-0.3, -0.25) is 4.98 Å². The Morgan fingerprint density at radius 3 is 2.62 bits per heavy atom. The predicted molar refractivity (Wildman–Crippen MR) is 66.6 cm³/mol. The zero-order chi connectivity index (χ0) is 12.2. The van der Waals surface area contributed by atoms with Crippen LogP contribution in [0.2, 0.25) is 0 Å². The molecule has 0 aromatic carbocycles. The Morgan fingerprint density at radius 2 is 2.06 bits per heavy atom. The minimum Gasteiger partial charge on any atom is -0.486 e. The van der Waals surface area contributed by atoms with Gasteiger partial charge in [0.25, 0.3) is 0 Å². The predicted octanol–water partition coefficient (Wildman–Crippen LogP) is 2.76. The largest absolute Gasteiger partial charge is 0.486 e. The molecule has 1 rings (SSSR count). The molecule has 0 bridgehead atoms. The number of hydrogen-bond acceptors (Lipinski definition) is 3. The van der Waals surface area contributed by atoms with Crippen LogP contribution in [0.3, 0.4) is 0 Å². The van der Waals surface area contributed by atoms with Crippen LogP contribution in [0.1, 0.15) is 40.2 Å². The van der Waals surface area contributed by atoms with E-state index in [0.717, 1.165) is 17.9 Å². The molecule has 1 aromatic rings. The Bertz CT molecular complexity index is 329. The molecule has 1 heterocycles. The summed E-state index contributed by atoms with van der Waals surface area (Å²) in [5.41, 5.74) is 0.967. The van der Waals surface area contributed by atoms with Crippen molar-refractivity contribution in [3.63, 3.8) is 0 Å². The highest BCUT2D eigenvalue weighted by molar-refractivity contribution is 5.30. The Kier molecular flexibility index (Phi) is 4.30. The molecule has 3 heteroatoms. The summed E-state index contributed by atoms with van der Waals surface area (Å²) in [6.45, 7) is 11.2. The van der Waals surface area contributed by atoms with Gasteiger partial charge >= 0.3 is 0 Å². The van der Waals surface area contributed by atoms with Gasteiger partial charge in [-0.25, -0.2) is 0 Å². The maximum absolute atomic E-state index is 5.86. The minimum atomic E-state index is -0.185. The monoisotopic (exact) mass is 222 g/mol. The second-order valence-electron chi connectivity index (χ2n) is 5.23. The number of pyridine rings is 1. The van der Waals surface area contributed by atoms with Crippen molar-refractivity contribution >= 4 is 0 Å². The molecule has 0 spiro atoms. The molecule has 0 saturated heterocycles. The van der Waals surface area contributed by atoms with Crippen LogP contribution in [-0.4, -0.2) is 16.6 Å². The van der Waals surface area contributed by atoms with Crippen LogP contribution in [0.5, 0.6) is 5.75 Å². The number of nitrogens with one attached hydrogen (secondary N) is 1. The SMILES string of the molecule is CC(C)NCc1ccncc1OC(C)(C)C. The topological polar surface area (TPSA) is 34.2 Å². The van der Waals surface area contributed by atoms with E-state index < -0.39 is 0 Å². The number of ether oxygens (including phenoxy) is 1. The molecule has 0 unspecified atom stereocenters. The summed E-state index contributed by atoms with van der Waals surface area (Å²) in [4.78, 5) is 4.10. The Balaban J connectivity index is 2.75. The van der Waals surface area contributed by atoms with E-state index in [-0.39, 0.29) is 5.60 Å². The first kappa shape index (κ1) is 13.0. The van der Waals surface area contributed by atoms with Gasteiger partial charge in [0.1, 0.15) is 11.4 Å². The summed E-state index contributed by atoms with van der Waals surface area (Å²) < 4.78 is 5.86. The summed E-state index contributed by atoms with van der Waals surface area (Å²) in [6, 6.07) is 2.46. The minimum absolute atomic E-state index is 0.185. The smallest absolute Gasteiger partial charge is 0.142 e. The van der Waals surface area contributed by atoms with E-state index in [2.05, 4.69) is 24.1 Å². The molecular formula is C13H22N2O. The summed E-state index contributed by atoms with van der Waals surface area (Å²) in [6.07, 6.45) is 3.58. The molecule has 0 aliphatic rings. The molecule has 0 amide bonds. The molecule has 1 aromatic heterocycles. The lowest BCUT2D eigenvalue weighted by Gasteiger charge is -2.23. The lowest BCUT2D eigenvalue weighted by Crippen LogP contribution is -2.26.